The van der Waals surface area contributed by atoms with Gasteiger partial charge in [-0.2, -0.15) is 0 Å². The van der Waals surface area contributed by atoms with Crippen LogP contribution in [0.2, 0.25) is 0 Å². The van der Waals surface area contributed by atoms with Gasteiger partial charge < -0.3 is 20.3 Å². The molecule has 148 valence electrons. The van der Waals surface area contributed by atoms with Crippen molar-refractivity contribution in [1.29, 1.82) is 0 Å². The molecule has 0 aliphatic carbocycles. The molecular formula is C21H19N3O5. The lowest BCUT2D eigenvalue weighted by Crippen LogP contribution is -2.30. The van der Waals surface area contributed by atoms with Crippen LogP contribution in [-0.2, 0) is 11.3 Å². The van der Waals surface area contributed by atoms with E-state index >= 15 is 0 Å². The number of nitrogens with zero attached hydrogens (tertiary/aromatic N) is 2. The lowest BCUT2D eigenvalue weighted by molar-refractivity contribution is 0.102. The molecule has 1 heterocycles. The van der Waals surface area contributed by atoms with Gasteiger partial charge in [0.05, 0.1) is 31.2 Å². The molecule has 0 saturated carbocycles. The minimum absolute atomic E-state index is 0.103. The van der Waals surface area contributed by atoms with Gasteiger partial charge in [0, 0.05) is 17.8 Å². The number of aromatic hydroxyl groups is 2. The summed E-state index contributed by atoms with van der Waals surface area (Å²) < 4.78 is 4.84. The Hall–Kier alpha value is -4.07. The van der Waals surface area contributed by atoms with E-state index in [4.69, 9.17) is 4.74 Å². The van der Waals surface area contributed by atoms with Crippen molar-refractivity contribution in [3.8, 4) is 11.5 Å². The quantitative estimate of drug-likeness (QED) is 0.452. The molecule has 1 aromatic heterocycles. The second-order valence-corrected chi connectivity index (χ2v) is 6.12. The number of nitrogens with one attached hydrogen (secondary N) is 1. The molecule has 2 aromatic carbocycles. The van der Waals surface area contributed by atoms with Crippen molar-refractivity contribution in [2.45, 2.75) is 6.54 Å². The number of carbonyl (C=O) groups excluding carboxylic acids is 2. The van der Waals surface area contributed by atoms with Gasteiger partial charge in [0.1, 0.15) is 11.5 Å². The molecule has 2 amide bonds. The van der Waals surface area contributed by atoms with E-state index in [1.165, 1.54) is 24.1 Å². The van der Waals surface area contributed by atoms with E-state index < -0.39 is 12.0 Å². The molecule has 8 nitrogen and oxygen atoms in total. The summed E-state index contributed by atoms with van der Waals surface area (Å²) in [5.74, 6) is -0.761. The van der Waals surface area contributed by atoms with Crippen LogP contribution in [0.4, 0.5) is 16.2 Å². The number of carbonyl (C=O) groups is 2. The molecule has 3 rings (SSSR count). The summed E-state index contributed by atoms with van der Waals surface area (Å²) in [6.45, 7) is 0.235. The first-order valence-electron chi connectivity index (χ1n) is 8.65. The van der Waals surface area contributed by atoms with Crippen LogP contribution < -0.4 is 10.2 Å². The molecule has 29 heavy (non-hydrogen) atoms. The number of amides is 2. The van der Waals surface area contributed by atoms with Gasteiger partial charge in [-0.3, -0.25) is 14.7 Å². The third-order valence-electron chi connectivity index (χ3n) is 4.14. The van der Waals surface area contributed by atoms with Crippen LogP contribution in [0.5, 0.6) is 11.5 Å². The van der Waals surface area contributed by atoms with Crippen molar-refractivity contribution in [3.63, 3.8) is 0 Å². The first kappa shape index (κ1) is 19.7. The van der Waals surface area contributed by atoms with E-state index in [9.17, 15) is 19.8 Å². The zero-order chi connectivity index (χ0) is 20.8. The summed E-state index contributed by atoms with van der Waals surface area (Å²) >= 11 is 0. The molecule has 3 N–H and O–H groups in total. The third-order valence-corrected chi connectivity index (χ3v) is 4.14. The monoisotopic (exact) mass is 393 g/mol. The normalized spacial score (nSPS) is 10.2. The number of hydrogen-bond acceptors (Lipinski definition) is 6. The number of pyridine rings is 1. The second kappa shape index (κ2) is 8.75. The van der Waals surface area contributed by atoms with Crippen molar-refractivity contribution < 1.29 is 24.5 Å². The van der Waals surface area contributed by atoms with E-state index in [0.717, 1.165) is 11.6 Å². The molecule has 0 saturated heterocycles. The Balaban J connectivity index is 1.73. The summed E-state index contributed by atoms with van der Waals surface area (Å²) in [5, 5.41) is 21.7. The molecule has 0 unspecified atom stereocenters. The van der Waals surface area contributed by atoms with Gasteiger partial charge in [0.2, 0.25) is 0 Å². The van der Waals surface area contributed by atoms with Crippen LogP contribution in [0, 0.1) is 0 Å². The van der Waals surface area contributed by atoms with Crippen LogP contribution in [0.25, 0.3) is 0 Å². The van der Waals surface area contributed by atoms with Gasteiger partial charge in [0.15, 0.2) is 0 Å². The Kier molecular flexibility index (Phi) is 5.94. The number of ether oxygens (including phenoxy) is 1. The molecule has 8 heteroatoms. The van der Waals surface area contributed by atoms with Crippen LogP contribution in [0.3, 0.4) is 0 Å². The fourth-order valence-electron chi connectivity index (χ4n) is 2.65. The van der Waals surface area contributed by atoms with Crippen molar-refractivity contribution >= 4 is 23.4 Å². The van der Waals surface area contributed by atoms with Crippen molar-refractivity contribution in [2.75, 3.05) is 17.3 Å². The van der Waals surface area contributed by atoms with E-state index in [0.29, 0.717) is 11.3 Å². The molecule has 0 bridgehead atoms. The van der Waals surface area contributed by atoms with E-state index in [-0.39, 0.29) is 23.7 Å². The van der Waals surface area contributed by atoms with Gasteiger partial charge in [-0.15, -0.1) is 0 Å². The summed E-state index contributed by atoms with van der Waals surface area (Å²) in [4.78, 5) is 29.9. The fourth-order valence-corrected chi connectivity index (χ4v) is 2.65. The Morgan fingerprint density at radius 1 is 1.10 bits per heavy atom. The first-order valence-corrected chi connectivity index (χ1v) is 8.65. The molecule has 0 aliphatic heterocycles. The van der Waals surface area contributed by atoms with E-state index in [1.54, 1.807) is 48.8 Å². The molecule has 0 spiro atoms. The number of phenols is 2. The van der Waals surface area contributed by atoms with Crippen molar-refractivity contribution in [2.24, 2.45) is 0 Å². The highest BCUT2D eigenvalue weighted by Crippen LogP contribution is 2.27. The van der Waals surface area contributed by atoms with Crippen LogP contribution in [-0.4, -0.2) is 34.3 Å². The SMILES string of the molecule is COC(=O)N(Cc1ccc(C(=O)Nc2ccc(O)cc2O)cc1)c1cccnc1. The predicted molar refractivity (Wildman–Crippen MR) is 107 cm³/mol. The highest BCUT2D eigenvalue weighted by molar-refractivity contribution is 6.05. The number of methoxy groups -OCH3 is 1. The van der Waals surface area contributed by atoms with Crippen molar-refractivity contribution in [3.05, 3.63) is 78.1 Å². The number of benzene rings is 2. The maximum absolute atomic E-state index is 12.4. The standard InChI is InChI=1S/C21H19N3O5/c1-29-21(28)24(16-3-2-10-22-12-16)13-14-4-6-15(7-5-14)20(27)23-18-9-8-17(25)11-19(18)26/h2-12,25-26H,13H2,1H3,(H,23,27). The highest BCUT2D eigenvalue weighted by atomic mass is 16.5. The number of rotatable bonds is 5. The Bertz CT molecular complexity index is 1010. The zero-order valence-corrected chi connectivity index (χ0v) is 15.6. The summed E-state index contributed by atoms with van der Waals surface area (Å²) in [5.41, 5.74) is 1.92. The predicted octanol–water partition coefficient (Wildman–Crippen LogP) is 3.52. The number of anilines is 2. The van der Waals surface area contributed by atoms with Gasteiger partial charge in [-0.1, -0.05) is 12.1 Å². The number of phenolic OH excluding ortho intramolecular Hbond substituents is 2. The van der Waals surface area contributed by atoms with Gasteiger partial charge in [-0.05, 0) is 42.0 Å². The van der Waals surface area contributed by atoms with Gasteiger partial charge >= 0.3 is 6.09 Å². The maximum atomic E-state index is 12.4. The first-order chi connectivity index (χ1) is 14.0. The Morgan fingerprint density at radius 3 is 2.48 bits per heavy atom. The van der Waals surface area contributed by atoms with Gasteiger partial charge in [0.25, 0.3) is 5.91 Å². The lowest BCUT2D eigenvalue weighted by Gasteiger charge is -2.21. The van der Waals surface area contributed by atoms with Crippen molar-refractivity contribution in [1.82, 2.24) is 4.98 Å². The molecule has 0 aliphatic rings. The Morgan fingerprint density at radius 2 is 1.86 bits per heavy atom. The fraction of sp³-hybridized carbons (Fsp3) is 0.0952. The summed E-state index contributed by atoms with van der Waals surface area (Å²) in [6.07, 6.45) is 2.64. The molecule has 0 radical (unpaired) electrons. The summed E-state index contributed by atoms with van der Waals surface area (Å²) in [7, 11) is 1.30. The van der Waals surface area contributed by atoms with E-state index in [2.05, 4.69) is 10.3 Å². The average Bonchev–Trinajstić information content (AvgIpc) is 2.74. The van der Waals surface area contributed by atoms with Crippen LogP contribution >= 0.6 is 0 Å². The number of hydrogen-bond donors (Lipinski definition) is 3. The van der Waals surface area contributed by atoms with Crippen LogP contribution in [0.15, 0.2) is 67.0 Å². The van der Waals surface area contributed by atoms with Gasteiger partial charge in [-0.25, -0.2) is 4.79 Å². The third kappa shape index (κ3) is 4.81. The number of aromatic nitrogens is 1. The molecular weight excluding hydrogens is 374 g/mol. The topological polar surface area (TPSA) is 112 Å². The minimum atomic E-state index is -0.525. The largest absolute Gasteiger partial charge is 0.508 e. The van der Waals surface area contributed by atoms with Crippen LogP contribution in [0.1, 0.15) is 15.9 Å². The smallest absolute Gasteiger partial charge is 0.414 e. The average molecular weight is 393 g/mol. The second-order valence-electron chi connectivity index (χ2n) is 6.12. The lowest BCUT2D eigenvalue weighted by atomic mass is 10.1. The maximum Gasteiger partial charge on any atom is 0.414 e. The Labute approximate surface area is 167 Å². The molecule has 3 aromatic rings. The zero-order valence-electron chi connectivity index (χ0n) is 15.6. The minimum Gasteiger partial charge on any atom is -0.508 e. The summed E-state index contributed by atoms with van der Waals surface area (Å²) in [6, 6.07) is 14.0. The highest BCUT2D eigenvalue weighted by Gasteiger charge is 2.17. The van der Waals surface area contributed by atoms with E-state index in [1.807, 2.05) is 0 Å². The molecule has 0 fully saturated rings. The molecule has 0 atom stereocenters.